The van der Waals surface area contributed by atoms with Crippen molar-refractivity contribution in [3.05, 3.63) is 36.8 Å². The molecule has 2 aromatic heterocycles. The zero-order chi connectivity index (χ0) is 16.2. The number of nitrogens with zero attached hydrogens (tertiary/aromatic N) is 6. The highest BCUT2D eigenvalue weighted by molar-refractivity contribution is 5.77. The monoisotopic (exact) mass is 314 g/mol. The molecule has 0 aromatic carbocycles. The van der Waals surface area contributed by atoms with Crippen LogP contribution in [0.15, 0.2) is 31.1 Å². The van der Waals surface area contributed by atoms with Crippen LogP contribution < -0.4 is 0 Å². The largest absolute Gasteiger partial charge is 0.348 e. The lowest BCUT2D eigenvalue weighted by atomic mass is 9.94. The van der Waals surface area contributed by atoms with Gasteiger partial charge in [-0.25, -0.2) is 9.97 Å². The Hall–Kier alpha value is -2.28. The van der Waals surface area contributed by atoms with E-state index in [0.29, 0.717) is 6.54 Å². The zero-order valence-corrected chi connectivity index (χ0v) is 13.6. The molecular weight excluding hydrogens is 292 g/mol. The van der Waals surface area contributed by atoms with Gasteiger partial charge in [0.25, 0.3) is 0 Å². The third-order valence-corrected chi connectivity index (χ3v) is 4.21. The Morgan fingerprint density at radius 2 is 2.13 bits per heavy atom. The highest BCUT2D eigenvalue weighted by Crippen LogP contribution is 2.28. The maximum atomic E-state index is 12.0. The maximum absolute atomic E-state index is 12.0. The molecule has 3 heterocycles. The number of amides is 1. The molecule has 0 spiro atoms. The Bertz CT molecular complexity index is 654. The van der Waals surface area contributed by atoms with Gasteiger partial charge in [0.05, 0.1) is 12.2 Å². The summed E-state index contributed by atoms with van der Waals surface area (Å²) in [6.07, 6.45) is 10.9. The molecule has 1 amide bonds. The Balaban J connectivity index is 1.78. The molecule has 0 saturated carbocycles. The normalized spacial score (nSPS) is 18.8. The number of aromatic nitrogens is 4. The summed E-state index contributed by atoms with van der Waals surface area (Å²) in [6, 6.07) is 0. The fourth-order valence-electron chi connectivity index (χ4n) is 2.97. The number of piperidine rings is 1. The van der Waals surface area contributed by atoms with Crippen molar-refractivity contribution < 1.29 is 4.79 Å². The van der Waals surface area contributed by atoms with Gasteiger partial charge in [0, 0.05) is 51.3 Å². The van der Waals surface area contributed by atoms with E-state index in [9.17, 15) is 4.79 Å². The molecule has 1 atom stereocenters. The Labute approximate surface area is 136 Å². The first-order chi connectivity index (χ1) is 11.1. The molecule has 3 rings (SSSR count). The second-order valence-corrected chi connectivity index (χ2v) is 6.10. The third-order valence-electron chi connectivity index (χ3n) is 4.21. The van der Waals surface area contributed by atoms with Crippen LogP contribution in [0.25, 0.3) is 5.82 Å². The minimum Gasteiger partial charge on any atom is -0.348 e. The number of hydrogen-bond acceptors (Lipinski definition) is 5. The van der Waals surface area contributed by atoms with Gasteiger partial charge in [0.15, 0.2) is 5.82 Å². The summed E-state index contributed by atoms with van der Waals surface area (Å²) in [7, 11) is 3.59. The molecule has 1 saturated heterocycles. The fraction of sp³-hybridized carbons (Fsp3) is 0.500. The standard InChI is InChI=1S/C16H22N6O/c1-20(2)14(23)11-21-8-3-4-13(10-21)15-16(19-6-5-18-15)22-9-7-17-12-22/h5-7,9,12-13H,3-4,8,10-11H2,1-2H3/t13-/m0/s1. The number of likely N-dealkylation sites (tertiary alicyclic amines) is 1. The Kier molecular flexibility index (Phi) is 4.66. The number of likely N-dealkylation sites (N-methyl/N-ethyl adjacent to an activating group) is 1. The molecule has 1 aliphatic heterocycles. The van der Waals surface area contributed by atoms with E-state index in [0.717, 1.165) is 37.4 Å². The summed E-state index contributed by atoms with van der Waals surface area (Å²) in [5, 5.41) is 0. The summed E-state index contributed by atoms with van der Waals surface area (Å²) in [6.45, 7) is 2.25. The lowest BCUT2D eigenvalue weighted by Crippen LogP contribution is -2.41. The number of carbonyl (C=O) groups excluding carboxylic acids is 1. The van der Waals surface area contributed by atoms with Crippen LogP contribution in [0.4, 0.5) is 0 Å². The van der Waals surface area contributed by atoms with Crippen molar-refractivity contribution in [3.8, 4) is 5.82 Å². The average molecular weight is 314 g/mol. The Morgan fingerprint density at radius 3 is 2.87 bits per heavy atom. The summed E-state index contributed by atoms with van der Waals surface area (Å²) in [5.74, 6) is 1.25. The molecule has 0 bridgehead atoms. The van der Waals surface area contributed by atoms with Gasteiger partial charge in [-0.2, -0.15) is 0 Å². The SMILES string of the molecule is CN(C)C(=O)CN1CCC[C@H](c2nccnc2-n2ccnc2)C1. The van der Waals surface area contributed by atoms with Crippen LogP contribution in [0.5, 0.6) is 0 Å². The lowest BCUT2D eigenvalue weighted by Gasteiger charge is -2.33. The summed E-state index contributed by atoms with van der Waals surface area (Å²) >= 11 is 0. The predicted molar refractivity (Wildman–Crippen MR) is 86.3 cm³/mol. The zero-order valence-electron chi connectivity index (χ0n) is 13.6. The van der Waals surface area contributed by atoms with Gasteiger partial charge >= 0.3 is 0 Å². The van der Waals surface area contributed by atoms with E-state index >= 15 is 0 Å². The molecule has 23 heavy (non-hydrogen) atoms. The number of carbonyl (C=O) groups is 1. The van der Waals surface area contributed by atoms with Crippen LogP contribution in [-0.4, -0.2) is 69.0 Å². The highest BCUT2D eigenvalue weighted by atomic mass is 16.2. The van der Waals surface area contributed by atoms with Crippen LogP contribution in [0.1, 0.15) is 24.5 Å². The van der Waals surface area contributed by atoms with Crippen LogP contribution in [0, 0.1) is 0 Å². The smallest absolute Gasteiger partial charge is 0.236 e. The molecule has 2 aromatic rings. The summed E-state index contributed by atoms with van der Waals surface area (Å²) in [4.78, 5) is 28.9. The highest BCUT2D eigenvalue weighted by Gasteiger charge is 2.26. The maximum Gasteiger partial charge on any atom is 0.236 e. The van der Waals surface area contributed by atoms with E-state index < -0.39 is 0 Å². The second-order valence-electron chi connectivity index (χ2n) is 6.10. The molecule has 0 aliphatic carbocycles. The number of hydrogen-bond donors (Lipinski definition) is 0. The van der Waals surface area contributed by atoms with Crippen LogP contribution in [-0.2, 0) is 4.79 Å². The molecule has 0 N–H and O–H groups in total. The Morgan fingerprint density at radius 1 is 1.30 bits per heavy atom. The van der Waals surface area contributed by atoms with Gasteiger partial charge in [-0.3, -0.25) is 19.2 Å². The van der Waals surface area contributed by atoms with Crippen molar-refractivity contribution in [1.29, 1.82) is 0 Å². The molecule has 1 fully saturated rings. The van der Waals surface area contributed by atoms with Crippen molar-refractivity contribution in [2.45, 2.75) is 18.8 Å². The van der Waals surface area contributed by atoms with E-state index in [2.05, 4.69) is 19.9 Å². The van der Waals surface area contributed by atoms with Crippen molar-refractivity contribution >= 4 is 5.91 Å². The van der Waals surface area contributed by atoms with E-state index in [1.807, 2.05) is 10.8 Å². The molecule has 7 heteroatoms. The third kappa shape index (κ3) is 3.56. The van der Waals surface area contributed by atoms with E-state index in [1.54, 1.807) is 43.9 Å². The van der Waals surface area contributed by atoms with Crippen molar-refractivity contribution in [1.82, 2.24) is 29.3 Å². The van der Waals surface area contributed by atoms with Crippen molar-refractivity contribution in [2.24, 2.45) is 0 Å². The predicted octanol–water partition coefficient (Wildman–Crippen LogP) is 0.930. The first kappa shape index (κ1) is 15.6. The van der Waals surface area contributed by atoms with Crippen molar-refractivity contribution in [2.75, 3.05) is 33.7 Å². The van der Waals surface area contributed by atoms with E-state index in [-0.39, 0.29) is 11.8 Å². The topological polar surface area (TPSA) is 67.2 Å². The molecule has 7 nitrogen and oxygen atoms in total. The van der Waals surface area contributed by atoms with E-state index in [1.165, 1.54) is 0 Å². The first-order valence-electron chi connectivity index (χ1n) is 7.87. The van der Waals surface area contributed by atoms with E-state index in [4.69, 9.17) is 0 Å². The van der Waals surface area contributed by atoms with Gasteiger partial charge in [-0.05, 0) is 19.4 Å². The van der Waals surface area contributed by atoms with Gasteiger partial charge < -0.3 is 4.90 Å². The minimum atomic E-state index is 0.139. The van der Waals surface area contributed by atoms with Gasteiger partial charge in [-0.15, -0.1) is 0 Å². The lowest BCUT2D eigenvalue weighted by molar-refractivity contribution is -0.130. The molecular formula is C16H22N6O. The molecule has 1 aliphatic rings. The number of imidazole rings is 1. The quantitative estimate of drug-likeness (QED) is 0.840. The van der Waals surface area contributed by atoms with Crippen LogP contribution in [0.2, 0.25) is 0 Å². The first-order valence-corrected chi connectivity index (χ1v) is 7.87. The molecule has 122 valence electrons. The minimum absolute atomic E-state index is 0.139. The fourth-order valence-corrected chi connectivity index (χ4v) is 2.97. The second kappa shape index (κ2) is 6.87. The summed E-state index contributed by atoms with van der Waals surface area (Å²) < 4.78 is 1.90. The van der Waals surface area contributed by atoms with Gasteiger partial charge in [0.1, 0.15) is 6.33 Å². The average Bonchev–Trinajstić information content (AvgIpc) is 3.09. The van der Waals surface area contributed by atoms with Crippen molar-refractivity contribution in [3.63, 3.8) is 0 Å². The van der Waals surface area contributed by atoms with Crippen LogP contribution in [0.3, 0.4) is 0 Å². The van der Waals surface area contributed by atoms with Crippen LogP contribution >= 0.6 is 0 Å². The molecule has 0 radical (unpaired) electrons. The number of rotatable bonds is 4. The van der Waals surface area contributed by atoms with Gasteiger partial charge in [-0.1, -0.05) is 0 Å². The van der Waals surface area contributed by atoms with Gasteiger partial charge in [0.2, 0.25) is 5.91 Å². The molecule has 0 unspecified atom stereocenters. The summed E-state index contributed by atoms with van der Waals surface area (Å²) in [5.41, 5.74) is 0.979.